The van der Waals surface area contributed by atoms with Gasteiger partial charge >= 0.3 is 0 Å². The number of nitrogens with zero attached hydrogens (tertiary/aromatic N) is 2. The van der Waals surface area contributed by atoms with E-state index in [1.54, 1.807) is 11.3 Å². The van der Waals surface area contributed by atoms with Gasteiger partial charge in [-0.05, 0) is 36.4 Å². The first-order chi connectivity index (χ1) is 14.2. The Hall–Kier alpha value is -2.21. The number of benzene rings is 2. The van der Waals surface area contributed by atoms with Crippen LogP contribution in [0.1, 0.15) is 28.4 Å². The summed E-state index contributed by atoms with van der Waals surface area (Å²) < 4.78 is 1.19. The third-order valence-corrected chi connectivity index (χ3v) is 7.51. The second-order valence-electron chi connectivity index (χ2n) is 8.44. The van der Waals surface area contributed by atoms with E-state index in [0.29, 0.717) is 11.8 Å². The van der Waals surface area contributed by atoms with Crippen LogP contribution in [0, 0.1) is 11.8 Å². The first kappa shape index (κ1) is 18.8. The maximum atomic E-state index is 13.1. The third-order valence-electron chi connectivity index (χ3n) is 6.54. The molecular weight excluding hydrogens is 378 g/mol. The van der Waals surface area contributed by atoms with Crippen LogP contribution in [0.2, 0.25) is 0 Å². The number of hydrogen-bond donors (Lipinski definition) is 1. The maximum Gasteiger partial charge on any atom is 0.255 e. The first-order valence-electron chi connectivity index (χ1n) is 10.5. The van der Waals surface area contributed by atoms with Crippen molar-refractivity contribution in [3.05, 3.63) is 71.1 Å². The summed E-state index contributed by atoms with van der Waals surface area (Å²) in [6, 6.07) is 18.7. The molecule has 2 unspecified atom stereocenters. The standard InChI is InChI=1S/C24H27N3OS/c25-22(17-6-2-1-3-7-17)10-11-26-12-18-14-27(15-19(18)13-26)24(28)21-16-29-23-9-5-4-8-20(21)23/h1-9,16,18-19,22H,10-15,25H2/t18?,19?,22-/m0/s1. The maximum absolute atomic E-state index is 13.1. The Balaban J connectivity index is 1.16. The van der Waals surface area contributed by atoms with Gasteiger partial charge in [0.2, 0.25) is 0 Å². The molecule has 1 amide bonds. The zero-order chi connectivity index (χ0) is 19.8. The smallest absolute Gasteiger partial charge is 0.255 e. The van der Waals surface area contributed by atoms with Crippen molar-refractivity contribution in [2.45, 2.75) is 12.5 Å². The van der Waals surface area contributed by atoms with E-state index in [1.807, 2.05) is 23.6 Å². The molecule has 2 aromatic carbocycles. The van der Waals surface area contributed by atoms with Crippen molar-refractivity contribution in [3.63, 3.8) is 0 Å². The zero-order valence-corrected chi connectivity index (χ0v) is 17.4. The molecule has 3 atom stereocenters. The minimum Gasteiger partial charge on any atom is -0.338 e. The Kier molecular flexibility index (Phi) is 5.12. The summed E-state index contributed by atoms with van der Waals surface area (Å²) in [5.74, 6) is 1.39. The normalized spacial score (nSPS) is 22.9. The number of thiophene rings is 1. The van der Waals surface area contributed by atoms with Crippen molar-refractivity contribution >= 4 is 27.3 Å². The lowest BCUT2D eigenvalue weighted by atomic mass is 10.0. The number of hydrogen-bond acceptors (Lipinski definition) is 4. The summed E-state index contributed by atoms with van der Waals surface area (Å²) in [7, 11) is 0. The van der Waals surface area contributed by atoms with Crippen molar-refractivity contribution in [1.29, 1.82) is 0 Å². The van der Waals surface area contributed by atoms with Crippen molar-refractivity contribution in [2.75, 3.05) is 32.7 Å². The highest BCUT2D eigenvalue weighted by molar-refractivity contribution is 7.17. The molecule has 5 heteroatoms. The van der Waals surface area contributed by atoms with Crippen LogP contribution in [-0.4, -0.2) is 48.4 Å². The predicted molar refractivity (Wildman–Crippen MR) is 119 cm³/mol. The molecule has 2 N–H and O–H groups in total. The van der Waals surface area contributed by atoms with Crippen molar-refractivity contribution in [1.82, 2.24) is 9.80 Å². The molecule has 0 saturated carbocycles. The van der Waals surface area contributed by atoms with E-state index >= 15 is 0 Å². The Morgan fingerprint density at radius 2 is 1.69 bits per heavy atom. The van der Waals surface area contributed by atoms with Gasteiger partial charge in [-0.1, -0.05) is 48.5 Å². The highest BCUT2D eigenvalue weighted by Gasteiger charge is 2.41. The van der Waals surface area contributed by atoms with E-state index in [-0.39, 0.29) is 11.9 Å². The van der Waals surface area contributed by atoms with E-state index in [9.17, 15) is 4.79 Å². The summed E-state index contributed by atoms with van der Waals surface area (Å²) in [6.45, 7) is 4.97. The van der Waals surface area contributed by atoms with E-state index in [2.05, 4.69) is 46.2 Å². The molecule has 150 valence electrons. The number of nitrogens with two attached hydrogens (primary N) is 1. The number of fused-ring (bicyclic) bond motifs is 2. The molecule has 1 aromatic heterocycles. The fourth-order valence-electron chi connectivity index (χ4n) is 4.94. The van der Waals surface area contributed by atoms with E-state index < -0.39 is 0 Å². The van der Waals surface area contributed by atoms with Gasteiger partial charge < -0.3 is 15.5 Å². The third kappa shape index (κ3) is 3.70. The molecular formula is C24H27N3OS. The van der Waals surface area contributed by atoms with Crippen LogP contribution in [0.15, 0.2) is 60.0 Å². The summed E-state index contributed by atoms with van der Waals surface area (Å²) >= 11 is 1.66. The Bertz CT molecular complexity index is 988. The molecule has 0 bridgehead atoms. The fourth-order valence-corrected chi connectivity index (χ4v) is 5.88. The second-order valence-corrected chi connectivity index (χ2v) is 9.35. The molecule has 0 spiro atoms. The van der Waals surface area contributed by atoms with Crippen LogP contribution in [0.3, 0.4) is 0 Å². The van der Waals surface area contributed by atoms with Crippen LogP contribution >= 0.6 is 11.3 Å². The number of amides is 1. The van der Waals surface area contributed by atoms with Gasteiger partial charge in [-0.15, -0.1) is 11.3 Å². The summed E-state index contributed by atoms with van der Waals surface area (Å²) in [4.78, 5) is 17.7. The second kappa shape index (κ2) is 7.90. The minimum absolute atomic E-state index is 0.0987. The Morgan fingerprint density at radius 1 is 1.00 bits per heavy atom. The predicted octanol–water partition coefficient (Wildman–Crippen LogP) is 4.00. The summed E-state index contributed by atoms with van der Waals surface area (Å²) in [6.07, 6.45) is 0.979. The van der Waals surface area contributed by atoms with Gasteiger partial charge in [0.25, 0.3) is 5.91 Å². The molecule has 2 fully saturated rings. The van der Waals surface area contributed by atoms with Gasteiger partial charge in [-0.3, -0.25) is 4.79 Å². The number of likely N-dealkylation sites (tertiary alicyclic amines) is 2. The first-order valence-corrected chi connectivity index (χ1v) is 11.4. The molecule has 0 aliphatic carbocycles. The highest BCUT2D eigenvalue weighted by Crippen LogP contribution is 2.34. The van der Waals surface area contributed by atoms with E-state index in [1.165, 1.54) is 10.3 Å². The number of carbonyl (C=O) groups excluding carboxylic acids is 1. The van der Waals surface area contributed by atoms with Crippen LogP contribution in [0.25, 0.3) is 10.1 Å². The van der Waals surface area contributed by atoms with Crippen LogP contribution < -0.4 is 5.73 Å². The minimum atomic E-state index is 0.0987. The average Bonchev–Trinajstić information content (AvgIpc) is 3.45. The zero-order valence-electron chi connectivity index (χ0n) is 16.5. The van der Waals surface area contributed by atoms with Crippen LogP contribution in [0.4, 0.5) is 0 Å². The van der Waals surface area contributed by atoms with Gasteiger partial charge in [-0.2, -0.15) is 0 Å². The van der Waals surface area contributed by atoms with Crippen LogP contribution in [-0.2, 0) is 0 Å². The lowest BCUT2D eigenvalue weighted by Gasteiger charge is -2.23. The molecule has 3 aromatic rings. The van der Waals surface area contributed by atoms with Crippen molar-refractivity contribution in [3.8, 4) is 0 Å². The fraction of sp³-hybridized carbons (Fsp3) is 0.375. The van der Waals surface area contributed by atoms with Gasteiger partial charge in [0, 0.05) is 47.7 Å². The highest BCUT2D eigenvalue weighted by atomic mass is 32.1. The Morgan fingerprint density at radius 3 is 2.45 bits per heavy atom. The van der Waals surface area contributed by atoms with E-state index in [0.717, 1.165) is 50.1 Å². The lowest BCUT2D eigenvalue weighted by Crippen LogP contribution is -2.34. The van der Waals surface area contributed by atoms with Crippen molar-refractivity contribution in [2.24, 2.45) is 17.6 Å². The average molecular weight is 406 g/mol. The topological polar surface area (TPSA) is 49.6 Å². The molecule has 2 aliphatic heterocycles. The molecule has 5 rings (SSSR count). The number of rotatable bonds is 5. The SMILES string of the molecule is N[C@@H](CCN1CC2CN(C(=O)c3csc4ccccc34)CC2C1)c1ccccc1. The summed E-state index contributed by atoms with van der Waals surface area (Å²) in [5, 5.41) is 3.12. The van der Waals surface area contributed by atoms with Crippen molar-refractivity contribution < 1.29 is 4.79 Å². The van der Waals surface area contributed by atoms with Gasteiger partial charge in [0.15, 0.2) is 0 Å². The quantitative estimate of drug-likeness (QED) is 0.698. The van der Waals surface area contributed by atoms with E-state index in [4.69, 9.17) is 5.73 Å². The molecule has 4 nitrogen and oxygen atoms in total. The monoisotopic (exact) mass is 405 g/mol. The largest absolute Gasteiger partial charge is 0.338 e. The molecule has 2 aliphatic rings. The van der Waals surface area contributed by atoms with Gasteiger partial charge in [0.05, 0.1) is 5.56 Å². The summed E-state index contributed by atoms with van der Waals surface area (Å²) in [5.41, 5.74) is 8.46. The molecule has 2 saturated heterocycles. The molecule has 29 heavy (non-hydrogen) atoms. The molecule has 3 heterocycles. The van der Waals surface area contributed by atoms with Gasteiger partial charge in [0.1, 0.15) is 0 Å². The van der Waals surface area contributed by atoms with Crippen LogP contribution in [0.5, 0.6) is 0 Å². The molecule has 0 radical (unpaired) electrons. The lowest BCUT2D eigenvalue weighted by molar-refractivity contribution is 0.0776. The Labute approximate surface area is 175 Å². The van der Waals surface area contributed by atoms with Gasteiger partial charge in [-0.25, -0.2) is 0 Å². The number of carbonyl (C=O) groups is 1.